The molecule has 0 heterocycles. The van der Waals surface area contributed by atoms with Gasteiger partial charge >= 0.3 is 50.9 Å². The first-order chi connectivity index (χ1) is 0. The van der Waals surface area contributed by atoms with E-state index in [1.165, 1.54) is 0 Å². The molecular formula is AlFeNiO+5. The van der Waals surface area contributed by atoms with E-state index in [0.29, 0.717) is 0 Å². The minimum Gasteiger partial charge on any atom is -2.00 e. The van der Waals surface area contributed by atoms with Crippen molar-refractivity contribution in [3.63, 3.8) is 0 Å². The minimum atomic E-state index is 0. The number of rotatable bonds is 0. The Balaban J connectivity index is 0. The summed E-state index contributed by atoms with van der Waals surface area (Å²) in [5, 5.41) is 0. The number of hydrogen-bond donors (Lipinski definition) is 0. The topological polar surface area (TPSA) is 28.5 Å². The van der Waals surface area contributed by atoms with E-state index in [1.54, 1.807) is 0 Å². The molecule has 0 aliphatic rings. The van der Waals surface area contributed by atoms with Crippen molar-refractivity contribution in [2.75, 3.05) is 0 Å². The van der Waals surface area contributed by atoms with Gasteiger partial charge in [-0.05, 0) is 0 Å². The molecule has 1 nitrogen and oxygen atoms in total. The molecule has 0 fully saturated rings. The largest absolute Gasteiger partial charge is 3.00 e. The summed E-state index contributed by atoms with van der Waals surface area (Å²) in [7, 11) is 0. The van der Waals surface area contributed by atoms with E-state index in [-0.39, 0.29) is 56.4 Å². The first-order valence-electron chi connectivity index (χ1n) is 0. The van der Waals surface area contributed by atoms with E-state index in [0.717, 1.165) is 0 Å². The molecule has 0 aliphatic carbocycles. The van der Waals surface area contributed by atoms with Crippen molar-refractivity contribution in [3.05, 3.63) is 0 Å². The van der Waals surface area contributed by atoms with Crippen molar-refractivity contribution in [3.8, 4) is 0 Å². The quantitative estimate of drug-likeness (QED) is 0.424. The molecule has 0 amide bonds. The predicted octanol–water partition coefficient (Wildman–Crippen LogP) is -0.505. The summed E-state index contributed by atoms with van der Waals surface area (Å²) < 4.78 is 0. The number of hydrogen-bond acceptors (Lipinski definition) is 0. The molecule has 4 heteroatoms. The van der Waals surface area contributed by atoms with E-state index in [1.807, 2.05) is 0 Å². The molecule has 0 unspecified atom stereocenters. The molecule has 0 spiro atoms. The fourth-order valence-electron chi connectivity index (χ4n) is 0. The van der Waals surface area contributed by atoms with Crippen LogP contribution in [0, 0.1) is 0 Å². The van der Waals surface area contributed by atoms with Crippen LogP contribution in [0.2, 0.25) is 0 Å². The van der Waals surface area contributed by atoms with Gasteiger partial charge in [-0.3, -0.25) is 0 Å². The molecular weight excluding hydrogens is 158 g/mol. The Morgan fingerprint density at radius 1 is 1.00 bits per heavy atom. The van der Waals surface area contributed by atoms with Crippen molar-refractivity contribution in [1.82, 2.24) is 0 Å². The van der Waals surface area contributed by atoms with Crippen LogP contribution in [0.5, 0.6) is 0 Å². The Kier molecular flexibility index (Phi) is 301. The summed E-state index contributed by atoms with van der Waals surface area (Å²) in [5.74, 6) is 0. The van der Waals surface area contributed by atoms with E-state index in [9.17, 15) is 0 Å². The Hall–Kier alpha value is 1.51. The first kappa shape index (κ1) is 49.3. The van der Waals surface area contributed by atoms with Crippen molar-refractivity contribution in [2.24, 2.45) is 0 Å². The second-order valence-electron chi connectivity index (χ2n) is 0. The van der Waals surface area contributed by atoms with Crippen LogP contribution in [0.4, 0.5) is 0 Å². The molecule has 0 aromatic heterocycles. The minimum absolute atomic E-state index is 0. The molecule has 0 bridgehead atoms. The van der Waals surface area contributed by atoms with Gasteiger partial charge in [-0.2, -0.15) is 0 Å². The summed E-state index contributed by atoms with van der Waals surface area (Å²) in [6, 6.07) is 0. The van der Waals surface area contributed by atoms with Crippen LogP contribution in [-0.2, 0) is 39.0 Å². The fourth-order valence-corrected chi connectivity index (χ4v) is 0. The van der Waals surface area contributed by atoms with Gasteiger partial charge in [0, 0.05) is 0 Å². The first-order valence-corrected chi connectivity index (χ1v) is 0. The van der Waals surface area contributed by atoms with E-state index < -0.39 is 0 Å². The van der Waals surface area contributed by atoms with E-state index >= 15 is 0 Å². The molecule has 4 heavy (non-hydrogen) atoms. The average Bonchev–Trinajstić information content (AvgIpc) is 0. The standard InChI is InChI=1S/Al.Fe.Ni.O/q+3;2*+2;-2. The van der Waals surface area contributed by atoms with Gasteiger partial charge in [-0.25, -0.2) is 0 Å². The van der Waals surface area contributed by atoms with Gasteiger partial charge < -0.3 is 5.48 Å². The zero-order valence-corrected chi connectivity index (χ0v) is 4.90. The molecule has 0 aromatic carbocycles. The molecule has 0 N–H and O–H groups in total. The van der Waals surface area contributed by atoms with Crippen LogP contribution in [-0.4, -0.2) is 17.4 Å². The van der Waals surface area contributed by atoms with Crippen LogP contribution in [0.15, 0.2) is 0 Å². The maximum atomic E-state index is 0. The van der Waals surface area contributed by atoms with E-state index in [2.05, 4.69) is 0 Å². The zero-order valence-electron chi connectivity index (χ0n) is 1.66. The second-order valence-corrected chi connectivity index (χ2v) is 0. The van der Waals surface area contributed by atoms with Crippen molar-refractivity contribution in [2.45, 2.75) is 0 Å². The van der Waals surface area contributed by atoms with Crippen LogP contribution in [0.25, 0.3) is 0 Å². The summed E-state index contributed by atoms with van der Waals surface area (Å²) in [6.45, 7) is 0. The Morgan fingerprint density at radius 2 is 1.00 bits per heavy atom. The van der Waals surface area contributed by atoms with Gasteiger partial charge in [-0.1, -0.05) is 0 Å². The summed E-state index contributed by atoms with van der Waals surface area (Å²) in [5.41, 5.74) is 0. The molecule has 0 aliphatic heterocycles. The van der Waals surface area contributed by atoms with Crippen LogP contribution >= 0.6 is 0 Å². The van der Waals surface area contributed by atoms with Crippen LogP contribution in [0.3, 0.4) is 0 Å². The SMILES string of the molecule is [Al+3].[Fe+2].[Ni+2].[O-2]. The van der Waals surface area contributed by atoms with Crippen LogP contribution in [0.1, 0.15) is 0 Å². The molecule has 22 valence electrons. The van der Waals surface area contributed by atoms with Gasteiger partial charge in [0.25, 0.3) is 0 Å². The molecule has 0 saturated carbocycles. The van der Waals surface area contributed by atoms with Crippen molar-refractivity contribution < 1.29 is 39.0 Å². The molecule has 0 rings (SSSR count). The maximum Gasteiger partial charge on any atom is 3.00 e. The predicted molar refractivity (Wildman–Crippen MR) is 6.44 cm³/mol. The third-order valence-corrected chi connectivity index (χ3v) is 0. The molecule has 0 aromatic rings. The van der Waals surface area contributed by atoms with Gasteiger partial charge in [0.05, 0.1) is 0 Å². The normalized spacial score (nSPS) is 0. The van der Waals surface area contributed by atoms with Crippen molar-refractivity contribution >= 4 is 17.4 Å². The molecule has 0 radical (unpaired) electrons. The average molecular weight is 158 g/mol. The monoisotopic (exact) mass is 157 g/mol. The summed E-state index contributed by atoms with van der Waals surface area (Å²) in [6.07, 6.45) is 0. The van der Waals surface area contributed by atoms with Crippen molar-refractivity contribution in [1.29, 1.82) is 0 Å². The molecule has 0 saturated heterocycles. The summed E-state index contributed by atoms with van der Waals surface area (Å²) >= 11 is 0. The van der Waals surface area contributed by atoms with Gasteiger partial charge in [0.1, 0.15) is 0 Å². The zero-order chi connectivity index (χ0) is 0. The Morgan fingerprint density at radius 3 is 1.00 bits per heavy atom. The third kappa shape index (κ3) is 9.71. The second kappa shape index (κ2) is 24.4. The van der Waals surface area contributed by atoms with Gasteiger partial charge in [-0.15, -0.1) is 0 Å². The fraction of sp³-hybridized carbons (Fsp3) is 0. The van der Waals surface area contributed by atoms with Crippen LogP contribution < -0.4 is 0 Å². The van der Waals surface area contributed by atoms with Gasteiger partial charge in [0.15, 0.2) is 0 Å². The third-order valence-electron chi connectivity index (χ3n) is 0. The smallest absolute Gasteiger partial charge is 2.00 e. The Bertz CT molecular complexity index is 8.00. The maximum absolute atomic E-state index is 0. The summed E-state index contributed by atoms with van der Waals surface area (Å²) in [4.78, 5) is 0. The van der Waals surface area contributed by atoms with E-state index in [4.69, 9.17) is 0 Å². The Labute approximate surface area is 56.4 Å². The van der Waals surface area contributed by atoms with Gasteiger partial charge in [0.2, 0.25) is 0 Å². The molecule has 0 atom stereocenters.